The monoisotopic (exact) mass is 361 g/mol. The van der Waals surface area contributed by atoms with Crippen LogP contribution < -0.4 is 10.9 Å². The van der Waals surface area contributed by atoms with Gasteiger partial charge in [0.15, 0.2) is 0 Å². The predicted octanol–water partition coefficient (Wildman–Crippen LogP) is 3.17. The van der Waals surface area contributed by atoms with E-state index in [2.05, 4.69) is 10.4 Å². The molecule has 0 aliphatic heterocycles. The van der Waals surface area contributed by atoms with E-state index in [1.165, 1.54) is 10.7 Å². The van der Waals surface area contributed by atoms with Crippen molar-refractivity contribution < 1.29 is 4.79 Å². The highest BCUT2D eigenvalue weighted by molar-refractivity contribution is 6.35. The Kier molecular flexibility index (Phi) is 4.55. The Morgan fingerprint density at radius 2 is 1.88 bits per heavy atom. The van der Waals surface area contributed by atoms with Crippen LogP contribution >= 0.6 is 23.2 Å². The number of halogens is 2. The second kappa shape index (κ2) is 6.63. The summed E-state index contributed by atoms with van der Waals surface area (Å²) >= 11 is 11.9. The number of hydrogen-bond donors (Lipinski definition) is 1. The van der Waals surface area contributed by atoms with Crippen LogP contribution in [0.15, 0.2) is 47.3 Å². The van der Waals surface area contributed by atoms with E-state index in [1.54, 1.807) is 37.4 Å². The topological polar surface area (TPSA) is 64.0 Å². The molecule has 3 aromatic rings. The summed E-state index contributed by atoms with van der Waals surface area (Å²) in [4.78, 5) is 24.4. The van der Waals surface area contributed by atoms with Crippen molar-refractivity contribution in [3.05, 3.63) is 74.1 Å². The van der Waals surface area contributed by atoms with E-state index >= 15 is 0 Å². The molecule has 1 aromatic heterocycles. The minimum Gasteiger partial charge on any atom is -0.346 e. The minimum atomic E-state index is -0.359. The summed E-state index contributed by atoms with van der Waals surface area (Å²) in [6, 6.07) is 11.8. The molecule has 1 amide bonds. The van der Waals surface area contributed by atoms with Crippen molar-refractivity contribution in [2.45, 2.75) is 6.54 Å². The fourth-order valence-corrected chi connectivity index (χ4v) is 2.81. The van der Waals surface area contributed by atoms with Crippen molar-refractivity contribution in [1.82, 2.24) is 15.1 Å². The van der Waals surface area contributed by atoms with Gasteiger partial charge in [-0.05, 0) is 24.3 Å². The third-order valence-corrected chi connectivity index (χ3v) is 4.19. The van der Waals surface area contributed by atoms with Crippen LogP contribution in [-0.4, -0.2) is 15.7 Å². The van der Waals surface area contributed by atoms with E-state index < -0.39 is 0 Å². The standard InChI is InChI=1S/C17H13Cl2N3O2/c1-22-17(24)12-5-3-2-4-11(12)15(21-22)9-20-16(23)13-8-10(18)6-7-14(13)19/h2-8H,9H2,1H3,(H,20,23). The van der Waals surface area contributed by atoms with Gasteiger partial charge in [0.1, 0.15) is 0 Å². The molecule has 0 aliphatic carbocycles. The molecule has 0 unspecified atom stereocenters. The van der Waals surface area contributed by atoms with Gasteiger partial charge in [0.05, 0.1) is 28.2 Å². The number of carbonyl (C=O) groups is 1. The molecule has 0 spiro atoms. The first-order valence-corrected chi connectivity index (χ1v) is 7.91. The molecule has 0 saturated carbocycles. The fraction of sp³-hybridized carbons (Fsp3) is 0.118. The number of aryl methyl sites for hydroxylation is 1. The highest BCUT2D eigenvalue weighted by Gasteiger charge is 2.13. The van der Waals surface area contributed by atoms with Crippen molar-refractivity contribution >= 4 is 39.9 Å². The first-order valence-electron chi connectivity index (χ1n) is 7.15. The summed E-state index contributed by atoms with van der Waals surface area (Å²) < 4.78 is 1.26. The average molecular weight is 362 g/mol. The molecule has 0 aliphatic rings. The van der Waals surface area contributed by atoms with Gasteiger partial charge in [-0.2, -0.15) is 5.10 Å². The van der Waals surface area contributed by atoms with Gasteiger partial charge in [-0.25, -0.2) is 4.68 Å². The van der Waals surface area contributed by atoms with Gasteiger partial charge in [0, 0.05) is 17.5 Å². The van der Waals surface area contributed by atoms with Gasteiger partial charge < -0.3 is 5.32 Å². The SMILES string of the molecule is Cn1nc(CNC(=O)c2cc(Cl)ccc2Cl)c2ccccc2c1=O. The number of carbonyl (C=O) groups excluding carboxylic acids is 1. The predicted molar refractivity (Wildman–Crippen MR) is 94.6 cm³/mol. The lowest BCUT2D eigenvalue weighted by molar-refractivity contribution is 0.0950. The van der Waals surface area contributed by atoms with Crippen molar-refractivity contribution in [2.24, 2.45) is 7.05 Å². The van der Waals surface area contributed by atoms with Crippen molar-refractivity contribution in [3.63, 3.8) is 0 Å². The van der Waals surface area contributed by atoms with Crippen LogP contribution in [0, 0.1) is 0 Å². The van der Waals surface area contributed by atoms with E-state index in [9.17, 15) is 9.59 Å². The van der Waals surface area contributed by atoms with Gasteiger partial charge in [-0.1, -0.05) is 41.4 Å². The zero-order chi connectivity index (χ0) is 17.3. The number of amides is 1. The smallest absolute Gasteiger partial charge is 0.274 e. The molecule has 24 heavy (non-hydrogen) atoms. The second-order valence-corrected chi connectivity index (χ2v) is 6.07. The Morgan fingerprint density at radius 3 is 2.62 bits per heavy atom. The maximum absolute atomic E-state index is 12.3. The van der Waals surface area contributed by atoms with Gasteiger partial charge in [-0.15, -0.1) is 0 Å². The Morgan fingerprint density at radius 1 is 1.17 bits per heavy atom. The number of fused-ring (bicyclic) bond motifs is 1. The Bertz CT molecular complexity index is 999. The number of nitrogens with one attached hydrogen (secondary N) is 1. The summed E-state index contributed by atoms with van der Waals surface area (Å²) in [5.74, 6) is -0.359. The molecule has 7 heteroatoms. The summed E-state index contributed by atoms with van der Waals surface area (Å²) in [5.41, 5.74) is 0.705. The van der Waals surface area contributed by atoms with Crippen LogP contribution in [-0.2, 0) is 13.6 Å². The maximum Gasteiger partial charge on any atom is 0.274 e. The molecule has 5 nitrogen and oxygen atoms in total. The van der Waals surface area contributed by atoms with Crippen LogP contribution in [0.3, 0.4) is 0 Å². The Balaban J connectivity index is 1.91. The number of nitrogens with zero attached hydrogens (tertiary/aromatic N) is 2. The molecule has 0 bridgehead atoms. The fourth-order valence-electron chi connectivity index (χ4n) is 2.44. The van der Waals surface area contributed by atoms with E-state index in [0.717, 1.165) is 0 Å². The number of aromatic nitrogens is 2. The van der Waals surface area contributed by atoms with Crippen molar-refractivity contribution in [2.75, 3.05) is 0 Å². The summed E-state index contributed by atoms with van der Waals surface area (Å²) in [6.07, 6.45) is 0. The number of rotatable bonds is 3. The summed E-state index contributed by atoms with van der Waals surface area (Å²) in [5, 5.41) is 9.00. The van der Waals surface area contributed by atoms with Crippen molar-refractivity contribution in [1.29, 1.82) is 0 Å². The van der Waals surface area contributed by atoms with Gasteiger partial charge >= 0.3 is 0 Å². The molecule has 1 heterocycles. The quantitative estimate of drug-likeness (QED) is 0.779. The van der Waals surface area contributed by atoms with Crippen LogP contribution in [0.4, 0.5) is 0 Å². The lowest BCUT2D eigenvalue weighted by Crippen LogP contribution is -2.27. The minimum absolute atomic E-state index is 0.163. The van der Waals surface area contributed by atoms with Gasteiger partial charge in [-0.3, -0.25) is 9.59 Å². The van der Waals surface area contributed by atoms with E-state index in [4.69, 9.17) is 23.2 Å². The molecule has 2 aromatic carbocycles. The Labute approximate surface area is 147 Å². The maximum atomic E-state index is 12.3. The lowest BCUT2D eigenvalue weighted by atomic mass is 10.1. The van der Waals surface area contributed by atoms with E-state index in [-0.39, 0.29) is 18.0 Å². The zero-order valence-electron chi connectivity index (χ0n) is 12.7. The third-order valence-electron chi connectivity index (χ3n) is 3.62. The molecule has 3 rings (SSSR count). The third kappa shape index (κ3) is 3.13. The van der Waals surface area contributed by atoms with Crippen molar-refractivity contribution in [3.8, 4) is 0 Å². The van der Waals surface area contributed by atoms with Crippen LogP contribution in [0.2, 0.25) is 10.0 Å². The molecule has 0 atom stereocenters. The van der Waals surface area contributed by atoms with Crippen LogP contribution in [0.1, 0.15) is 16.1 Å². The normalized spacial score (nSPS) is 10.8. The molecule has 1 N–H and O–H groups in total. The average Bonchev–Trinajstić information content (AvgIpc) is 2.58. The first-order chi connectivity index (χ1) is 11.5. The summed E-state index contributed by atoms with van der Waals surface area (Å²) in [7, 11) is 1.58. The van der Waals surface area contributed by atoms with Gasteiger partial charge in [0.2, 0.25) is 0 Å². The lowest BCUT2D eigenvalue weighted by Gasteiger charge is -2.10. The molecule has 122 valence electrons. The van der Waals surface area contributed by atoms with Gasteiger partial charge in [0.25, 0.3) is 11.5 Å². The molecule has 0 saturated heterocycles. The molecular weight excluding hydrogens is 349 g/mol. The summed E-state index contributed by atoms with van der Waals surface area (Å²) in [6.45, 7) is 0.163. The second-order valence-electron chi connectivity index (χ2n) is 5.23. The van der Waals surface area contributed by atoms with E-state index in [1.807, 2.05) is 6.07 Å². The van der Waals surface area contributed by atoms with E-state index in [0.29, 0.717) is 32.1 Å². The Hall–Kier alpha value is -2.37. The van der Waals surface area contributed by atoms with Crippen LogP contribution in [0.5, 0.6) is 0 Å². The number of benzene rings is 2. The zero-order valence-corrected chi connectivity index (χ0v) is 14.2. The molecule has 0 radical (unpaired) electrons. The molecular formula is C17H13Cl2N3O2. The first kappa shape index (κ1) is 16.5. The highest BCUT2D eigenvalue weighted by atomic mass is 35.5. The molecule has 0 fully saturated rings. The number of hydrogen-bond acceptors (Lipinski definition) is 3. The largest absolute Gasteiger partial charge is 0.346 e. The highest BCUT2D eigenvalue weighted by Crippen LogP contribution is 2.20. The van der Waals surface area contributed by atoms with Crippen LogP contribution in [0.25, 0.3) is 10.8 Å².